The highest BCUT2D eigenvalue weighted by Crippen LogP contribution is 2.32. The second-order valence-electron chi connectivity index (χ2n) is 17.0. The zero-order chi connectivity index (χ0) is 53.9. The normalized spacial score (nSPS) is 17.6. The molecule has 20 heteroatoms. The molecular formula is C54H56N4O16. The van der Waals surface area contributed by atoms with E-state index in [4.69, 9.17) is 58.6 Å². The zero-order valence-corrected chi connectivity index (χ0v) is 41.0. The van der Waals surface area contributed by atoms with Gasteiger partial charge in [-0.2, -0.15) is 19.2 Å². The molecule has 4 aromatic carbocycles. The number of hydrogen-bond donors (Lipinski definition) is 4. The lowest BCUT2D eigenvalue weighted by atomic mass is 10.1. The lowest BCUT2D eigenvalue weighted by molar-refractivity contribution is -0.193. The summed E-state index contributed by atoms with van der Waals surface area (Å²) in [7, 11) is 0. The van der Waals surface area contributed by atoms with Gasteiger partial charge in [-0.05, 0) is 100 Å². The smallest absolute Gasteiger partial charge is 0.373 e. The third-order valence-electron chi connectivity index (χ3n) is 11.8. The Balaban J connectivity index is 0.000000196. The fourth-order valence-electron chi connectivity index (χ4n) is 8.19. The minimum Gasteiger partial charge on any atom is -0.508 e. The summed E-state index contributed by atoms with van der Waals surface area (Å²) >= 11 is 0. The first-order valence-electron chi connectivity index (χ1n) is 23.2. The predicted molar refractivity (Wildman–Crippen MR) is 262 cm³/mol. The molecule has 2 fully saturated rings. The second kappa shape index (κ2) is 27.1. The van der Waals surface area contributed by atoms with E-state index in [1.54, 1.807) is 45.2 Å². The molecule has 74 heavy (non-hydrogen) atoms. The van der Waals surface area contributed by atoms with Gasteiger partial charge < -0.3 is 58.3 Å². The van der Waals surface area contributed by atoms with Gasteiger partial charge in [0.15, 0.2) is 35.3 Å². The monoisotopic (exact) mass is 1020 g/mol. The van der Waals surface area contributed by atoms with Gasteiger partial charge >= 0.3 is 12.3 Å². The number of phenolic OH excluding ortho intramolecular Hbond substituents is 4. The Morgan fingerprint density at radius 3 is 1.11 bits per heavy atom. The Kier molecular flexibility index (Phi) is 20.6. The molecule has 4 N–H and O–H groups in total. The summed E-state index contributed by atoms with van der Waals surface area (Å²) in [6.07, 6.45) is 4.96. The molecular weight excluding hydrogens is 961 g/mol. The number of carbonyl (C=O) groups excluding carboxylic acids is 6. The van der Waals surface area contributed by atoms with Crippen molar-refractivity contribution in [1.29, 1.82) is 0 Å². The molecule has 4 aliphatic heterocycles. The van der Waals surface area contributed by atoms with Crippen molar-refractivity contribution < 1.29 is 68.1 Å². The summed E-state index contributed by atoms with van der Waals surface area (Å²) in [4.78, 5) is 87.7. The molecule has 0 bridgehead atoms. The minimum atomic E-state index is -0.289. The second-order valence-corrected chi connectivity index (χ2v) is 17.0. The van der Waals surface area contributed by atoms with E-state index in [-0.39, 0.29) is 107 Å². The highest BCUT2D eigenvalue weighted by Gasteiger charge is 2.42. The fourth-order valence-corrected chi connectivity index (χ4v) is 8.19. The van der Waals surface area contributed by atoms with Crippen molar-refractivity contribution in [1.82, 2.24) is 18.9 Å². The fraction of sp³-hybridized carbons (Fsp3) is 0.296. The molecule has 6 heterocycles. The maximum atomic E-state index is 13.2. The van der Waals surface area contributed by atoms with Crippen LogP contribution in [-0.4, -0.2) is 101 Å². The third kappa shape index (κ3) is 14.6. The van der Waals surface area contributed by atoms with E-state index < -0.39 is 0 Å². The van der Waals surface area contributed by atoms with E-state index in [9.17, 15) is 19.2 Å². The number of ether oxygens (including phenoxy) is 4. The number of amides is 2. The first kappa shape index (κ1) is 56.1. The minimum absolute atomic E-state index is 0.0772. The van der Waals surface area contributed by atoms with Crippen LogP contribution in [-0.2, 0) is 55.0 Å². The molecule has 2 aromatic heterocycles. The Bertz CT molecular complexity index is 2760. The molecule has 2 amide bonds. The topological polar surface area (TPSA) is 271 Å². The average Bonchev–Trinajstić information content (AvgIpc) is 3.38. The summed E-state index contributed by atoms with van der Waals surface area (Å²) in [5.41, 5.74) is 3.19. The van der Waals surface area contributed by atoms with Crippen molar-refractivity contribution in [2.45, 2.75) is 91.4 Å². The Morgan fingerprint density at radius 1 is 0.514 bits per heavy atom. The number of benzene rings is 4. The number of aromatic nitrogens is 2. The summed E-state index contributed by atoms with van der Waals surface area (Å²) in [5, 5.41) is 34.6. The summed E-state index contributed by atoms with van der Waals surface area (Å²) < 4.78 is 26.9. The van der Waals surface area contributed by atoms with Crippen LogP contribution in [0.5, 0.6) is 34.5 Å². The van der Waals surface area contributed by atoms with Crippen LogP contribution in [0.3, 0.4) is 0 Å². The Hall–Kier alpha value is -8.80. The maximum absolute atomic E-state index is 13.2. The Morgan fingerprint density at radius 2 is 0.811 bits per heavy atom. The van der Waals surface area contributed by atoms with Crippen molar-refractivity contribution in [3.63, 3.8) is 0 Å². The van der Waals surface area contributed by atoms with Crippen LogP contribution in [0.4, 0.5) is 0 Å². The number of phenols is 4. The molecule has 0 aliphatic carbocycles. The summed E-state index contributed by atoms with van der Waals surface area (Å²) in [5.74, 6) is 0.545. The van der Waals surface area contributed by atoms with Gasteiger partial charge in [-0.3, -0.25) is 19.2 Å². The van der Waals surface area contributed by atoms with Crippen LogP contribution in [0.15, 0.2) is 131 Å². The molecule has 0 unspecified atom stereocenters. The molecule has 4 atom stereocenters. The Labute approximate surface area is 424 Å². The van der Waals surface area contributed by atoms with Gasteiger partial charge in [0.25, 0.3) is 11.8 Å². The first-order chi connectivity index (χ1) is 35.5. The van der Waals surface area contributed by atoms with E-state index in [1.807, 2.05) is 74.5 Å². The number of hydrogen-bond acceptors (Lipinski definition) is 16. The highest BCUT2D eigenvalue weighted by molar-refractivity contribution is 5.97. The molecule has 20 nitrogen and oxygen atoms in total. The van der Waals surface area contributed by atoms with Gasteiger partial charge in [-0.25, -0.2) is 0 Å². The number of pyridine rings is 2. The van der Waals surface area contributed by atoms with E-state index in [2.05, 4.69) is 0 Å². The molecule has 388 valence electrons. The molecule has 10 rings (SSSR count). The number of aryl methyl sites for hydroxylation is 2. The quantitative estimate of drug-likeness (QED) is 0.146. The SMILES string of the molecule is Cc1cn2c(c(OCc3ccccc3)c1=O)C(=O)N1[C@H](C)CCO[C@H]1C2.Cc1cn2c(c(OCc3ccccc3)c1=O)C(=O)N1[C@H](C)CCO[C@H]1C2.O=C=O.O=C=O.Oc1ccc(O)cc1.Oc1ccc(O)cc1. The van der Waals surface area contributed by atoms with E-state index in [0.717, 1.165) is 24.0 Å². The number of nitrogens with zero attached hydrogens (tertiary/aromatic N) is 4. The average molecular weight is 1020 g/mol. The zero-order valence-electron chi connectivity index (χ0n) is 41.0. The van der Waals surface area contributed by atoms with Crippen molar-refractivity contribution in [3.05, 3.63) is 176 Å². The van der Waals surface area contributed by atoms with Crippen LogP contribution >= 0.6 is 0 Å². The lowest BCUT2D eigenvalue weighted by Gasteiger charge is -2.44. The largest absolute Gasteiger partial charge is 0.508 e. The highest BCUT2D eigenvalue weighted by atomic mass is 16.5. The number of carbonyl (C=O) groups is 2. The van der Waals surface area contributed by atoms with Crippen LogP contribution in [0.2, 0.25) is 0 Å². The molecule has 6 aromatic rings. The molecule has 2 saturated heterocycles. The maximum Gasteiger partial charge on any atom is 0.373 e. The van der Waals surface area contributed by atoms with Crippen LogP contribution < -0.4 is 20.3 Å². The first-order valence-corrected chi connectivity index (χ1v) is 23.2. The molecule has 0 radical (unpaired) electrons. The van der Waals surface area contributed by atoms with E-state index >= 15 is 0 Å². The van der Waals surface area contributed by atoms with Crippen molar-refractivity contribution in [2.24, 2.45) is 0 Å². The molecule has 0 spiro atoms. The van der Waals surface area contributed by atoms with E-state index in [0.29, 0.717) is 48.8 Å². The van der Waals surface area contributed by atoms with Crippen LogP contribution in [0.25, 0.3) is 0 Å². The third-order valence-corrected chi connectivity index (χ3v) is 11.8. The standard InChI is InChI=1S/2C20H22N2O4.2C6H6O2.2CO2/c2*1-13-10-21-11-16-22(14(2)8-9-25-16)20(24)17(21)19(18(13)23)26-12-15-6-4-3-5-7-15;2*7-5-1-2-6(8)4-3-5;2*2-1-3/h2*3-7,10,14,16H,8-9,11-12H2,1-2H3;2*1-4,7-8H;;/t2*14-,16+;;;;/m11..../s1. The number of fused-ring (bicyclic) bond motifs is 4. The van der Waals surface area contributed by atoms with Gasteiger partial charge in [0.05, 0.1) is 26.3 Å². The number of aromatic hydroxyl groups is 4. The van der Waals surface area contributed by atoms with Crippen LogP contribution in [0.1, 0.15) is 69.9 Å². The molecule has 4 aliphatic rings. The lowest BCUT2D eigenvalue weighted by Crippen LogP contribution is -2.57. The van der Waals surface area contributed by atoms with Gasteiger partial charge in [-0.1, -0.05) is 60.7 Å². The molecule has 0 saturated carbocycles. The number of rotatable bonds is 6. The van der Waals surface area contributed by atoms with Crippen molar-refractivity contribution in [2.75, 3.05) is 13.2 Å². The van der Waals surface area contributed by atoms with Gasteiger partial charge in [-0.15, -0.1) is 0 Å². The summed E-state index contributed by atoms with van der Waals surface area (Å²) in [6.45, 7) is 10.3. The predicted octanol–water partition coefficient (Wildman–Crippen LogP) is 5.68. The van der Waals surface area contributed by atoms with Gasteiger partial charge in [0.2, 0.25) is 10.9 Å². The van der Waals surface area contributed by atoms with Crippen molar-refractivity contribution in [3.8, 4) is 34.5 Å². The van der Waals surface area contributed by atoms with E-state index in [1.165, 1.54) is 48.5 Å². The summed E-state index contributed by atoms with van der Waals surface area (Å²) in [6, 6.07) is 30.8. The van der Waals surface area contributed by atoms with Crippen molar-refractivity contribution >= 4 is 24.1 Å². The van der Waals surface area contributed by atoms with Crippen LogP contribution in [0, 0.1) is 13.8 Å². The van der Waals surface area contributed by atoms with Gasteiger partial charge in [0, 0.05) is 35.6 Å². The van der Waals surface area contributed by atoms with Gasteiger partial charge in [0.1, 0.15) is 36.2 Å².